The third-order valence-electron chi connectivity index (χ3n) is 6.75. The van der Waals surface area contributed by atoms with E-state index in [9.17, 15) is 18.0 Å². The van der Waals surface area contributed by atoms with Gasteiger partial charge in [0.1, 0.15) is 6.04 Å². The average Bonchev–Trinajstić information content (AvgIpc) is 2.97. The number of carbonyl (C=O) groups excluding carboxylic acids is 2. The molecule has 0 aliphatic heterocycles. The van der Waals surface area contributed by atoms with E-state index in [-0.39, 0.29) is 42.6 Å². The number of rotatable bonds is 15. The molecular weight excluding hydrogens is 581 g/mol. The summed E-state index contributed by atoms with van der Waals surface area (Å²) in [6.45, 7) is 2.85. The van der Waals surface area contributed by atoms with Crippen LogP contribution < -0.4 is 5.32 Å². The monoisotopic (exact) mass is 617 g/mol. The Kier molecular flexibility index (Phi) is 12.7. The summed E-state index contributed by atoms with van der Waals surface area (Å²) in [7, 11) is -2.18. The molecule has 1 N–H and O–H groups in total. The number of hydrogen-bond donors (Lipinski definition) is 1. The lowest BCUT2D eigenvalue weighted by molar-refractivity contribution is -0.141. The largest absolute Gasteiger partial charge is 0.354 e. The van der Waals surface area contributed by atoms with Gasteiger partial charge in [0, 0.05) is 39.5 Å². The fourth-order valence-electron chi connectivity index (χ4n) is 4.38. The second kappa shape index (κ2) is 15.9. The van der Waals surface area contributed by atoms with E-state index in [1.54, 1.807) is 53.4 Å². The van der Waals surface area contributed by atoms with Gasteiger partial charge in [-0.15, -0.1) is 0 Å². The van der Waals surface area contributed by atoms with E-state index < -0.39 is 16.1 Å². The van der Waals surface area contributed by atoms with E-state index >= 15 is 0 Å². The van der Waals surface area contributed by atoms with Crippen molar-refractivity contribution in [1.29, 1.82) is 0 Å². The van der Waals surface area contributed by atoms with Gasteiger partial charge in [0.25, 0.3) is 0 Å². The number of nitrogens with one attached hydrogen (secondary N) is 1. The first-order valence-corrected chi connectivity index (χ1v) is 15.9. The zero-order valence-corrected chi connectivity index (χ0v) is 25.8. The number of carbonyl (C=O) groups is 2. The molecule has 7 nitrogen and oxygen atoms in total. The smallest absolute Gasteiger partial charge is 0.243 e. The van der Waals surface area contributed by atoms with Gasteiger partial charge in [-0.05, 0) is 48.2 Å². The van der Waals surface area contributed by atoms with E-state index in [1.165, 1.54) is 11.4 Å². The summed E-state index contributed by atoms with van der Waals surface area (Å²) in [6.07, 6.45) is 2.42. The maximum absolute atomic E-state index is 13.8. The van der Waals surface area contributed by atoms with E-state index in [2.05, 4.69) is 5.32 Å². The maximum Gasteiger partial charge on any atom is 0.243 e. The van der Waals surface area contributed by atoms with Gasteiger partial charge in [0.2, 0.25) is 21.8 Å². The Balaban J connectivity index is 1.83. The Bertz CT molecular complexity index is 1390. The number of nitrogens with zero attached hydrogens (tertiary/aromatic N) is 2. The fourth-order valence-corrected chi connectivity index (χ4v) is 5.94. The van der Waals surface area contributed by atoms with Crippen LogP contribution in [0.4, 0.5) is 0 Å². The van der Waals surface area contributed by atoms with Crippen molar-refractivity contribution in [3.63, 3.8) is 0 Å². The Morgan fingerprint density at radius 3 is 2.17 bits per heavy atom. The highest BCUT2D eigenvalue weighted by Gasteiger charge is 2.30. The van der Waals surface area contributed by atoms with Crippen LogP contribution in [0.25, 0.3) is 0 Å². The first-order chi connectivity index (χ1) is 19.6. The van der Waals surface area contributed by atoms with Gasteiger partial charge in [0.15, 0.2) is 0 Å². The molecule has 41 heavy (non-hydrogen) atoms. The van der Waals surface area contributed by atoms with Gasteiger partial charge < -0.3 is 10.2 Å². The molecule has 0 heterocycles. The minimum absolute atomic E-state index is 0.0590. The summed E-state index contributed by atoms with van der Waals surface area (Å²) in [6, 6.07) is 22.1. The van der Waals surface area contributed by atoms with Crippen molar-refractivity contribution in [3.8, 4) is 0 Å². The molecule has 0 spiro atoms. The highest BCUT2D eigenvalue weighted by atomic mass is 35.5. The van der Waals surface area contributed by atoms with Crippen LogP contribution >= 0.6 is 23.2 Å². The normalized spacial score (nSPS) is 12.2. The molecule has 1 unspecified atom stereocenters. The van der Waals surface area contributed by atoms with Crippen molar-refractivity contribution < 1.29 is 18.0 Å². The van der Waals surface area contributed by atoms with Crippen LogP contribution in [0.5, 0.6) is 0 Å². The first kappa shape index (κ1) is 32.6. The predicted octanol–water partition coefficient (Wildman–Crippen LogP) is 5.95. The topological polar surface area (TPSA) is 86.8 Å². The SMILES string of the molecule is CCCCNC(=O)C(Cc1ccccc1)N(Cc1ccc(Cl)c(Cl)c1)C(=O)CCCN(C)S(=O)(=O)c1ccccc1. The number of benzene rings is 3. The predicted molar refractivity (Wildman–Crippen MR) is 164 cm³/mol. The molecule has 3 aromatic rings. The lowest BCUT2D eigenvalue weighted by atomic mass is 10.0. The van der Waals surface area contributed by atoms with Crippen molar-refractivity contribution >= 4 is 45.0 Å². The van der Waals surface area contributed by atoms with E-state index in [1.807, 2.05) is 37.3 Å². The highest BCUT2D eigenvalue weighted by molar-refractivity contribution is 7.89. The van der Waals surface area contributed by atoms with Crippen LogP contribution in [0, 0.1) is 0 Å². The summed E-state index contributed by atoms with van der Waals surface area (Å²) < 4.78 is 27.1. The van der Waals surface area contributed by atoms with E-state index in [4.69, 9.17) is 23.2 Å². The van der Waals surface area contributed by atoms with Gasteiger partial charge in [-0.2, -0.15) is 0 Å². The van der Waals surface area contributed by atoms with Gasteiger partial charge in [-0.1, -0.05) is 91.1 Å². The van der Waals surface area contributed by atoms with Gasteiger partial charge >= 0.3 is 0 Å². The molecule has 0 bridgehead atoms. The molecule has 10 heteroatoms. The summed E-state index contributed by atoms with van der Waals surface area (Å²) in [4.78, 5) is 29.1. The van der Waals surface area contributed by atoms with Gasteiger partial charge in [-0.3, -0.25) is 9.59 Å². The molecule has 0 aliphatic rings. The third-order valence-corrected chi connectivity index (χ3v) is 9.36. The number of amides is 2. The molecule has 220 valence electrons. The molecule has 0 aliphatic carbocycles. The minimum Gasteiger partial charge on any atom is -0.354 e. The molecule has 1 atom stereocenters. The molecule has 3 aromatic carbocycles. The van der Waals surface area contributed by atoms with Crippen LogP contribution in [0.15, 0.2) is 83.8 Å². The van der Waals surface area contributed by atoms with Crippen LogP contribution in [0.3, 0.4) is 0 Å². The van der Waals surface area contributed by atoms with Crippen molar-refractivity contribution in [1.82, 2.24) is 14.5 Å². The number of sulfonamides is 1. The van der Waals surface area contributed by atoms with Crippen molar-refractivity contribution in [2.24, 2.45) is 0 Å². The molecule has 0 saturated carbocycles. The van der Waals surface area contributed by atoms with Crippen molar-refractivity contribution in [3.05, 3.63) is 100 Å². The zero-order chi connectivity index (χ0) is 29.8. The molecule has 0 fully saturated rings. The Labute approximate surface area is 253 Å². The van der Waals surface area contributed by atoms with E-state index in [0.717, 1.165) is 24.0 Å². The van der Waals surface area contributed by atoms with Crippen LogP contribution in [0.2, 0.25) is 10.0 Å². The Morgan fingerprint density at radius 1 is 0.878 bits per heavy atom. The summed E-state index contributed by atoms with van der Waals surface area (Å²) >= 11 is 12.4. The molecule has 2 amide bonds. The molecule has 0 saturated heterocycles. The Morgan fingerprint density at radius 2 is 1.54 bits per heavy atom. The minimum atomic E-state index is -3.68. The number of halogens is 2. The Hall–Kier alpha value is -2.91. The average molecular weight is 619 g/mol. The van der Waals surface area contributed by atoms with Gasteiger partial charge in [0.05, 0.1) is 14.9 Å². The maximum atomic E-state index is 13.8. The second-order valence-corrected chi connectivity index (χ2v) is 12.7. The standard InChI is InChI=1S/C31H37Cl2N3O4S/c1-3-4-19-34-31(38)29(22-24-12-7-5-8-13-24)36(23-25-17-18-27(32)28(33)21-25)30(37)16-11-20-35(2)41(39,40)26-14-9-6-10-15-26/h5-10,12-15,17-18,21,29H,3-4,11,16,19-20,22-23H2,1-2H3,(H,34,38). The lowest BCUT2D eigenvalue weighted by Crippen LogP contribution is -2.50. The zero-order valence-electron chi connectivity index (χ0n) is 23.4. The van der Waals surface area contributed by atoms with Crippen LogP contribution in [0.1, 0.15) is 43.7 Å². The number of hydrogen-bond acceptors (Lipinski definition) is 4. The molecular formula is C31H37Cl2N3O4S. The quantitative estimate of drug-likeness (QED) is 0.213. The third kappa shape index (κ3) is 9.57. The first-order valence-electron chi connectivity index (χ1n) is 13.7. The van der Waals surface area contributed by atoms with Crippen LogP contribution in [-0.4, -0.2) is 55.6 Å². The number of unbranched alkanes of at least 4 members (excludes halogenated alkanes) is 1. The molecule has 0 radical (unpaired) electrons. The molecule has 0 aromatic heterocycles. The fraction of sp³-hybridized carbons (Fsp3) is 0.355. The van der Waals surface area contributed by atoms with Crippen molar-refractivity contribution in [2.45, 2.75) is 56.5 Å². The van der Waals surface area contributed by atoms with Crippen LogP contribution in [-0.2, 0) is 32.6 Å². The highest BCUT2D eigenvalue weighted by Crippen LogP contribution is 2.25. The summed E-state index contributed by atoms with van der Waals surface area (Å²) in [5.41, 5.74) is 1.65. The summed E-state index contributed by atoms with van der Waals surface area (Å²) in [5, 5.41) is 3.75. The second-order valence-electron chi connectivity index (χ2n) is 9.86. The van der Waals surface area contributed by atoms with Crippen molar-refractivity contribution in [2.75, 3.05) is 20.1 Å². The lowest BCUT2D eigenvalue weighted by Gasteiger charge is -2.32. The summed E-state index contributed by atoms with van der Waals surface area (Å²) in [5.74, 6) is -0.493. The van der Waals surface area contributed by atoms with E-state index in [0.29, 0.717) is 23.0 Å². The molecule has 3 rings (SSSR count). The van der Waals surface area contributed by atoms with Gasteiger partial charge in [-0.25, -0.2) is 12.7 Å².